The topological polar surface area (TPSA) is 3.24 Å². The Morgan fingerprint density at radius 1 is 0.867 bits per heavy atom. The van der Waals surface area contributed by atoms with Crippen molar-refractivity contribution in [2.24, 2.45) is 0 Å². The van der Waals surface area contributed by atoms with E-state index >= 15 is 0 Å². The highest BCUT2D eigenvalue weighted by Crippen LogP contribution is 2.12. The van der Waals surface area contributed by atoms with E-state index < -0.39 is 0 Å². The summed E-state index contributed by atoms with van der Waals surface area (Å²) in [5.41, 5.74) is 0. The van der Waals surface area contributed by atoms with Gasteiger partial charge in [0.25, 0.3) is 0 Å². The molecule has 0 aliphatic carbocycles. The van der Waals surface area contributed by atoms with E-state index in [0.29, 0.717) is 5.25 Å². The van der Waals surface area contributed by atoms with Crippen molar-refractivity contribution >= 4 is 12.6 Å². The molecule has 0 spiro atoms. The summed E-state index contributed by atoms with van der Waals surface area (Å²) in [6.07, 6.45) is 7.70. The monoisotopic (exact) mass is 231 g/mol. The van der Waals surface area contributed by atoms with Crippen molar-refractivity contribution in [3.05, 3.63) is 0 Å². The zero-order valence-corrected chi connectivity index (χ0v) is 11.7. The molecule has 1 atom stereocenters. The van der Waals surface area contributed by atoms with Crippen LogP contribution in [0.25, 0.3) is 0 Å². The van der Waals surface area contributed by atoms with Gasteiger partial charge in [-0.3, -0.25) is 0 Å². The highest BCUT2D eigenvalue weighted by molar-refractivity contribution is 7.80. The van der Waals surface area contributed by atoms with Crippen molar-refractivity contribution in [1.82, 2.24) is 4.90 Å². The van der Waals surface area contributed by atoms with Crippen LogP contribution in [-0.4, -0.2) is 29.8 Å². The number of hydrogen-bond donors (Lipinski definition) is 1. The van der Waals surface area contributed by atoms with Crippen LogP contribution >= 0.6 is 12.6 Å². The number of unbranched alkanes of at least 4 members (excludes halogenated alkanes) is 1. The number of thiol groups is 1. The molecule has 0 heterocycles. The summed E-state index contributed by atoms with van der Waals surface area (Å²) in [5, 5.41) is 0.612. The summed E-state index contributed by atoms with van der Waals surface area (Å²) < 4.78 is 0. The molecule has 0 aromatic heterocycles. The third-order valence-electron chi connectivity index (χ3n) is 2.75. The van der Waals surface area contributed by atoms with E-state index in [1.807, 2.05) is 0 Å². The number of hydrogen-bond acceptors (Lipinski definition) is 2. The first-order valence-electron chi connectivity index (χ1n) is 6.64. The summed E-state index contributed by atoms with van der Waals surface area (Å²) in [5.74, 6) is 0. The molecule has 1 unspecified atom stereocenters. The van der Waals surface area contributed by atoms with Crippen LogP contribution in [0.4, 0.5) is 0 Å². The minimum atomic E-state index is 0.612. The minimum absolute atomic E-state index is 0.612. The van der Waals surface area contributed by atoms with Crippen LogP contribution in [0.1, 0.15) is 59.3 Å². The quantitative estimate of drug-likeness (QED) is 0.557. The Morgan fingerprint density at radius 2 is 1.47 bits per heavy atom. The maximum absolute atomic E-state index is 4.65. The lowest BCUT2D eigenvalue weighted by Gasteiger charge is -2.22. The predicted molar refractivity (Wildman–Crippen MR) is 73.9 cm³/mol. The third kappa shape index (κ3) is 9.25. The van der Waals surface area contributed by atoms with E-state index in [-0.39, 0.29) is 0 Å². The normalized spacial score (nSPS) is 13.4. The van der Waals surface area contributed by atoms with Gasteiger partial charge in [-0.25, -0.2) is 0 Å². The second kappa shape index (κ2) is 10.8. The molecule has 0 aliphatic rings. The predicted octanol–water partition coefficient (Wildman–Crippen LogP) is 3.99. The number of nitrogens with zero attached hydrogens (tertiary/aromatic N) is 1. The van der Waals surface area contributed by atoms with Crippen LogP contribution in [0.5, 0.6) is 0 Å². The van der Waals surface area contributed by atoms with E-state index in [1.165, 1.54) is 58.2 Å². The van der Waals surface area contributed by atoms with Crippen molar-refractivity contribution in [1.29, 1.82) is 0 Å². The van der Waals surface area contributed by atoms with Crippen molar-refractivity contribution in [2.45, 2.75) is 64.5 Å². The third-order valence-corrected chi connectivity index (χ3v) is 3.27. The fourth-order valence-corrected chi connectivity index (χ4v) is 2.18. The summed E-state index contributed by atoms with van der Waals surface area (Å²) in [4.78, 5) is 2.58. The Labute approximate surface area is 102 Å². The molecule has 0 aromatic carbocycles. The molecule has 0 aliphatic heterocycles. The smallest absolute Gasteiger partial charge is 0.00289 e. The van der Waals surface area contributed by atoms with E-state index in [9.17, 15) is 0 Å². The van der Waals surface area contributed by atoms with Crippen LogP contribution in [0.3, 0.4) is 0 Å². The highest BCUT2D eigenvalue weighted by Gasteiger charge is 2.06. The van der Waals surface area contributed by atoms with Gasteiger partial charge in [-0.1, -0.05) is 33.6 Å². The molecule has 0 radical (unpaired) electrons. The van der Waals surface area contributed by atoms with Crippen LogP contribution in [-0.2, 0) is 0 Å². The van der Waals surface area contributed by atoms with E-state index in [4.69, 9.17) is 0 Å². The Bertz CT molecular complexity index is 122. The van der Waals surface area contributed by atoms with E-state index in [0.717, 1.165) is 0 Å². The Hall–Kier alpha value is 0.310. The second-order valence-corrected chi connectivity index (χ2v) is 5.16. The standard InChI is InChI=1S/C13H29NS/c1-4-7-8-13(15)9-12-14(10-5-2)11-6-3/h13,15H,4-12H2,1-3H3. The van der Waals surface area contributed by atoms with Gasteiger partial charge in [0.15, 0.2) is 0 Å². The van der Waals surface area contributed by atoms with Crippen LogP contribution in [0, 0.1) is 0 Å². The van der Waals surface area contributed by atoms with Gasteiger partial charge in [-0.15, -0.1) is 0 Å². The molecule has 0 rings (SSSR count). The maximum Gasteiger partial charge on any atom is 0.00289 e. The first-order chi connectivity index (χ1) is 7.24. The molecule has 1 nitrogen and oxygen atoms in total. The summed E-state index contributed by atoms with van der Waals surface area (Å²) in [6, 6.07) is 0. The van der Waals surface area contributed by atoms with Gasteiger partial charge in [0.05, 0.1) is 0 Å². The van der Waals surface area contributed by atoms with Gasteiger partial charge in [-0.2, -0.15) is 12.6 Å². The first kappa shape index (κ1) is 15.3. The summed E-state index contributed by atoms with van der Waals surface area (Å²) >= 11 is 4.65. The molecular formula is C13H29NS. The molecule has 2 heteroatoms. The molecule has 0 aromatic rings. The van der Waals surface area contributed by atoms with Gasteiger partial charge < -0.3 is 4.90 Å². The minimum Gasteiger partial charge on any atom is -0.303 e. The lowest BCUT2D eigenvalue weighted by molar-refractivity contribution is 0.269. The second-order valence-electron chi connectivity index (χ2n) is 4.43. The van der Waals surface area contributed by atoms with Crippen LogP contribution in [0.15, 0.2) is 0 Å². The average Bonchev–Trinajstić information content (AvgIpc) is 2.23. The highest BCUT2D eigenvalue weighted by atomic mass is 32.1. The summed E-state index contributed by atoms with van der Waals surface area (Å²) in [7, 11) is 0. The van der Waals surface area contributed by atoms with E-state index in [2.05, 4.69) is 38.3 Å². The zero-order valence-electron chi connectivity index (χ0n) is 10.8. The van der Waals surface area contributed by atoms with Crippen molar-refractivity contribution < 1.29 is 0 Å². The number of rotatable bonds is 10. The van der Waals surface area contributed by atoms with Gasteiger partial charge in [0.1, 0.15) is 0 Å². The fraction of sp³-hybridized carbons (Fsp3) is 1.00. The molecule has 0 saturated heterocycles. The molecule has 92 valence electrons. The van der Waals surface area contributed by atoms with Gasteiger partial charge in [0.2, 0.25) is 0 Å². The van der Waals surface area contributed by atoms with Crippen molar-refractivity contribution in [3.8, 4) is 0 Å². The van der Waals surface area contributed by atoms with Crippen LogP contribution < -0.4 is 0 Å². The average molecular weight is 231 g/mol. The molecule has 0 saturated carbocycles. The van der Waals surface area contributed by atoms with Gasteiger partial charge in [-0.05, 0) is 45.3 Å². The molecule has 0 amide bonds. The van der Waals surface area contributed by atoms with Crippen molar-refractivity contribution in [3.63, 3.8) is 0 Å². The molecule has 0 fully saturated rings. The van der Waals surface area contributed by atoms with Crippen molar-refractivity contribution in [2.75, 3.05) is 19.6 Å². The Balaban J connectivity index is 3.57. The first-order valence-corrected chi connectivity index (χ1v) is 7.16. The van der Waals surface area contributed by atoms with E-state index in [1.54, 1.807) is 0 Å². The molecular weight excluding hydrogens is 202 g/mol. The summed E-state index contributed by atoms with van der Waals surface area (Å²) in [6.45, 7) is 10.5. The molecule has 0 bridgehead atoms. The van der Waals surface area contributed by atoms with Gasteiger partial charge in [0, 0.05) is 5.25 Å². The van der Waals surface area contributed by atoms with Crippen LogP contribution in [0.2, 0.25) is 0 Å². The van der Waals surface area contributed by atoms with Gasteiger partial charge >= 0.3 is 0 Å². The Kier molecular flexibility index (Phi) is 11.0. The SMILES string of the molecule is CCCCC(S)CCN(CCC)CCC. The lowest BCUT2D eigenvalue weighted by Crippen LogP contribution is -2.28. The lowest BCUT2D eigenvalue weighted by atomic mass is 10.1. The molecule has 0 N–H and O–H groups in total. The molecule has 15 heavy (non-hydrogen) atoms. The zero-order chi connectivity index (χ0) is 11.5. The Morgan fingerprint density at radius 3 is 1.93 bits per heavy atom. The fourth-order valence-electron chi connectivity index (χ4n) is 1.88. The maximum atomic E-state index is 4.65. The largest absolute Gasteiger partial charge is 0.303 e.